The molecule has 5 nitrogen and oxygen atoms in total. The third-order valence-corrected chi connectivity index (χ3v) is 7.66. The minimum Gasteiger partial charge on any atom is -0.462 e. The molecule has 1 saturated carbocycles. The van der Waals surface area contributed by atoms with Crippen molar-refractivity contribution in [2.75, 3.05) is 0 Å². The summed E-state index contributed by atoms with van der Waals surface area (Å²) in [5, 5.41) is 3.12. The number of hydrogen-bond donors (Lipinski definition) is 1. The van der Waals surface area contributed by atoms with E-state index in [1.807, 2.05) is 13.0 Å². The second kappa shape index (κ2) is 9.13. The molecule has 0 bridgehead atoms. The predicted molar refractivity (Wildman–Crippen MR) is 124 cm³/mol. The maximum absolute atomic E-state index is 13.1. The van der Waals surface area contributed by atoms with E-state index in [-0.39, 0.29) is 47.7 Å². The first-order valence-corrected chi connectivity index (χ1v) is 12.0. The number of ether oxygens (including phenoxy) is 1. The van der Waals surface area contributed by atoms with Crippen LogP contribution in [0.15, 0.2) is 48.7 Å². The number of alkyl halides is 3. The van der Waals surface area contributed by atoms with E-state index in [2.05, 4.69) is 16.4 Å². The van der Waals surface area contributed by atoms with Crippen molar-refractivity contribution in [2.45, 2.75) is 50.9 Å². The summed E-state index contributed by atoms with van der Waals surface area (Å²) in [7, 11) is 0. The van der Waals surface area contributed by atoms with Crippen molar-refractivity contribution < 1.29 is 27.5 Å². The zero-order valence-corrected chi connectivity index (χ0v) is 19.3. The zero-order chi connectivity index (χ0) is 24.7. The number of rotatable bonds is 3. The minimum atomic E-state index is -4.40. The van der Waals surface area contributed by atoms with Gasteiger partial charge in [0.2, 0.25) is 5.91 Å². The van der Waals surface area contributed by atoms with Crippen LogP contribution in [0.1, 0.15) is 43.9 Å². The lowest BCUT2D eigenvalue weighted by atomic mass is 9.62. The molecule has 8 heteroatoms. The summed E-state index contributed by atoms with van der Waals surface area (Å²) in [6.45, 7) is 1.93. The number of halogens is 3. The van der Waals surface area contributed by atoms with E-state index in [0.717, 1.165) is 25.0 Å². The quantitative estimate of drug-likeness (QED) is 0.604. The Hall–Kier alpha value is -3.16. The van der Waals surface area contributed by atoms with E-state index in [1.165, 1.54) is 6.07 Å². The molecule has 0 spiro atoms. The molecule has 4 unspecified atom stereocenters. The molecule has 2 aliphatic heterocycles. The molecule has 1 amide bonds. The van der Waals surface area contributed by atoms with Gasteiger partial charge in [-0.05, 0) is 67.9 Å². The number of carbonyl (C=O) groups is 2. The average molecular weight is 485 g/mol. The smallest absolute Gasteiger partial charge is 0.416 e. The molecule has 1 N–H and O–H groups in total. The Morgan fingerprint density at radius 2 is 1.97 bits per heavy atom. The maximum Gasteiger partial charge on any atom is 0.416 e. The molecule has 184 valence electrons. The summed E-state index contributed by atoms with van der Waals surface area (Å²) in [6, 6.07) is 8.66. The molecule has 5 rings (SSSR count). The Labute approximate surface area is 201 Å². The highest BCUT2D eigenvalue weighted by Crippen LogP contribution is 2.49. The fourth-order valence-corrected chi connectivity index (χ4v) is 6.04. The normalized spacial score (nSPS) is 30.9. The van der Waals surface area contributed by atoms with Gasteiger partial charge in [0.05, 0.1) is 17.2 Å². The number of esters is 1. The molecule has 3 heterocycles. The van der Waals surface area contributed by atoms with E-state index in [9.17, 15) is 22.8 Å². The Morgan fingerprint density at radius 1 is 1.14 bits per heavy atom. The number of nitrogens with zero attached hydrogens (tertiary/aromatic N) is 1. The summed E-state index contributed by atoms with van der Waals surface area (Å²) in [4.78, 5) is 29.1. The van der Waals surface area contributed by atoms with Crippen molar-refractivity contribution in [2.24, 2.45) is 23.7 Å². The Morgan fingerprint density at radius 3 is 2.71 bits per heavy atom. The van der Waals surface area contributed by atoms with Gasteiger partial charge in [-0.1, -0.05) is 24.3 Å². The van der Waals surface area contributed by atoms with Gasteiger partial charge in [-0.2, -0.15) is 13.2 Å². The molecule has 6 atom stereocenters. The molecule has 1 aromatic heterocycles. The van der Waals surface area contributed by atoms with Gasteiger partial charge >= 0.3 is 12.1 Å². The Kier molecular flexibility index (Phi) is 6.15. The van der Waals surface area contributed by atoms with Crippen LogP contribution in [0, 0.1) is 23.7 Å². The summed E-state index contributed by atoms with van der Waals surface area (Å²) in [5.41, 5.74) is 1.03. The van der Waals surface area contributed by atoms with E-state index in [0.29, 0.717) is 29.7 Å². The summed E-state index contributed by atoms with van der Waals surface area (Å²) in [6.07, 6.45) is 3.76. The highest BCUT2D eigenvalue weighted by atomic mass is 19.4. The Balaban J connectivity index is 1.39. The Bertz CT molecular complexity index is 1150. The van der Waals surface area contributed by atoms with Crippen LogP contribution in [0.2, 0.25) is 0 Å². The average Bonchev–Trinajstić information content (AvgIpc) is 2.98. The number of amides is 1. The highest BCUT2D eigenvalue weighted by Gasteiger charge is 2.54. The van der Waals surface area contributed by atoms with Gasteiger partial charge in [0.15, 0.2) is 0 Å². The lowest BCUT2D eigenvalue weighted by molar-refractivity contribution is -0.144. The van der Waals surface area contributed by atoms with Crippen molar-refractivity contribution >= 4 is 18.0 Å². The molecular formula is C27H27F3N2O3. The number of pyridine rings is 1. The molecule has 3 aliphatic rings. The number of allylic oxidation sites excluding steroid dienone is 1. The van der Waals surface area contributed by atoms with Crippen LogP contribution >= 0.6 is 0 Å². The van der Waals surface area contributed by atoms with Crippen molar-refractivity contribution in [3.8, 4) is 11.1 Å². The lowest BCUT2D eigenvalue weighted by Gasteiger charge is -2.42. The highest BCUT2D eigenvalue weighted by molar-refractivity contribution is 5.78. The first-order valence-electron chi connectivity index (χ1n) is 12.0. The first kappa shape index (κ1) is 23.6. The topological polar surface area (TPSA) is 68.3 Å². The number of fused-ring (bicyclic) bond motifs is 2. The van der Waals surface area contributed by atoms with Crippen LogP contribution < -0.4 is 5.32 Å². The number of hydrogen-bond acceptors (Lipinski definition) is 4. The van der Waals surface area contributed by atoms with Gasteiger partial charge in [-0.25, -0.2) is 0 Å². The number of aromatic nitrogens is 1. The number of carbonyl (C=O) groups excluding carboxylic acids is 2. The molecule has 1 aromatic carbocycles. The molecule has 3 fully saturated rings. The van der Waals surface area contributed by atoms with E-state index < -0.39 is 11.7 Å². The molecule has 1 aliphatic carbocycles. The summed E-state index contributed by atoms with van der Waals surface area (Å²) >= 11 is 0. The van der Waals surface area contributed by atoms with Gasteiger partial charge in [0, 0.05) is 30.1 Å². The van der Waals surface area contributed by atoms with Crippen LogP contribution in [-0.2, 0) is 20.5 Å². The fourth-order valence-electron chi connectivity index (χ4n) is 6.04. The molecule has 35 heavy (non-hydrogen) atoms. The second-order valence-electron chi connectivity index (χ2n) is 9.78. The van der Waals surface area contributed by atoms with Gasteiger partial charge in [0.1, 0.15) is 6.10 Å². The largest absolute Gasteiger partial charge is 0.462 e. The lowest BCUT2D eigenvalue weighted by Crippen LogP contribution is -2.50. The zero-order valence-electron chi connectivity index (χ0n) is 19.3. The second-order valence-corrected chi connectivity index (χ2v) is 9.78. The van der Waals surface area contributed by atoms with Crippen molar-refractivity contribution in [3.63, 3.8) is 0 Å². The minimum absolute atomic E-state index is 0.0324. The van der Waals surface area contributed by atoms with E-state index in [4.69, 9.17) is 4.74 Å². The molecule has 2 aromatic rings. The first-order chi connectivity index (χ1) is 16.7. The van der Waals surface area contributed by atoms with E-state index >= 15 is 0 Å². The predicted octanol–water partition coefficient (Wildman–Crippen LogP) is 5.26. The number of nitrogens with one attached hydrogen (secondary N) is 1. The van der Waals surface area contributed by atoms with Crippen molar-refractivity contribution in [1.82, 2.24) is 10.3 Å². The third kappa shape index (κ3) is 4.70. The molecule has 0 radical (unpaired) electrons. The van der Waals surface area contributed by atoms with Crippen molar-refractivity contribution in [3.05, 3.63) is 59.9 Å². The van der Waals surface area contributed by atoms with Crippen LogP contribution in [0.25, 0.3) is 17.2 Å². The van der Waals surface area contributed by atoms with Crippen LogP contribution in [0.4, 0.5) is 13.2 Å². The van der Waals surface area contributed by atoms with Crippen LogP contribution in [0.3, 0.4) is 0 Å². The standard InChI is InChI=1S/C27H27F3N2O3/c1-15-25-21(20-6-3-7-24(33)32-23(20)13-22(25)26(34)35-15)11-10-19-9-8-17(14-31-19)16-4-2-5-18(12-16)27(28,29)30/h2,4-5,8-12,14-15,20-23,25H,3,6-7,13H2,1H3,(H,32,33)/t15-,20?,21+,22?,23?,25?/m1/s1. The fraction of sp³-hybridized carbons (Fsp3) is 0.444. The van der Waals surface area contributed by atoms with Gasteiger partial charge in [-0.15, -0.1) is 0 Å². The van der Waals surface area contributed by atoms with Gasteiger partial charge in [0.25, 0.3) is 0 Å². The number of benzene rings is 1. The van der Waals surface area contributed by atoms with Gasteiger partial charge in [-0.3, -0.25) is 14.6 Å². The third-order valence-electron chi connectivity index (χ3n) is 7.66. The van der Waals surface area contributed by atoms with E-state index in [1.54, 1.807) is 24.4 Å². The number of cyclic esters (lactones) is 1. The monoisotopic (exact) mass is 484 g/mol. The molecule has 2 saturated heterocycles. The summed E-state index contributed by atoms with van der Waals surface area (Å²) < 4.78 is 44.7. The van der Waals surface area contributed by atoms with Gasteiger partial charge < -0.3 is 10.1 Å². The van der Waals surface area contributed by atoms with Crippen LogP contribution in [-0.4, -0.2) is 29.0 Å². The summed E-state index contributed by atoms with van der Waals surface area (Å²) in [5.74, 6) is -0.106. The van der Waals surface area contributed by atoms with Crippen LogP contribution in [0.5, 0.6) is 0 Å². The SMILES string of the molecule is C[C@H]1OC(=O)C2CC3NC(=O)CCCC3[C@H](C=Cc3ccc(-c4cccc(C(F)(F)F)c4)cn3)C21. The maximum atomic E-state index is 13.1. The van der Waals surface area contributed by atoms with Crippen molar-refractivity contribution in [1.29, 1.82) is 0 Å². The molecular weight excluding hydrogens is 457 g/mol.